The number of nitrogens with two attached hydrogens (primary N) is 1. The summed E-state index contributed by atoms with van der Waals surface area (Å²) >= 11 is 0. The first kappa shape index (κ1) is 19.9. The average molecular weight is 412 g/mol. The second-order valence-corrected chi connectivity index (χ2v) is 7.32. The number of benzene rings is 2. The highest BCUT2D eigenvalue weighted by Crippen LogP contribution is 2.34. The van der Waals surface area contributed by atoms with Crippen LogP contribution in [-0.4, -0.2) is 31.4 Å². The number of nitrogen functional groups attached to an aromatic ring is 1. The third-order valence-electron chi connectivity index (χ3n) is 5.09. The summed E-state index contributed by atoms with van der Waals surface area (Å²) in [6.45, 7) is -0.103. The number of hydrogen-bond donors (Lipinski definition) is 2. The number of fused-ring (bicyclic) bond motifs is 1. The highest BCUT2D eigenvalue weighted by molar-refractivity contribution is 5.93. The molecule has 4 rings (SSSR count). The summed E-state index contributed by atoms with van der Waals surface area (Å²) in [5, 5.41) is 2.72. The number of carbonyl (C=O) groups is 2. The lowest BCUT2D eigenvalue weighted by Crippen LogP contribution is -2.22. The van der Waals surface area contributed by atoms with Crippen LogP contribution in [0, 0.1) is 0 Å². The maximum Gasteiger partial charge on any atom is 0.338 e. The van der Waals surface area contributed by atoms with Crippen molar-refractivity contribution in [3.63, 3.8) is 0 Å². The largest absolute Gasteiger partial charge is 0.482 e. The molecule has 0 unspecified atom stereocenters. The molecule has 2 aromatic rings. The Bertz CT molecular complexity index is 939. The fourth-order valence-electron chi connectivity index (χ4n) is 3.50. The van der Waals surface area contributed by atoms with E-state index in [0.717, 1.165) is 25.7 Å². The Kier molecular flexibility index (Phi) is 5.92. The van der Waals surface area contributed by atoms with Crippen LogP contribution in [-0.2, 0) is 9.53 Å². The first-order chi connectivity index (χ1) is 14.6. The normalized spacial score (nSPS) is 15.5. The van der Waals surface area contributed by atoms with Crippen LogP contribution in [0.5, 0.6) is 17.2 Å². The number of rotatable bonds is 6. The maximum atomic E-state index is 12.4. The molecular formula is C22H24N2O6. The molecule has 0 aromatic heterocycles. The van der Waals surface area contributed by atoms with Crippen LogP contribution >= 0.6 is 0 Å². The quantitative estimate of drug-likeness (QED) is 0.552. The third kappa shape index (κ3) is 4.76. The molecule has 1 aliphatic heterocycles. The van der Waals surface area contributed by atoms with E-state index in [0.29, 0.717) is 28.4 Å². The first-order valence-electron chi connectivity index (χ1n) is 10.0. The van der Waals surface area contributed by atoms with Crippen molar-refractivity contribution in [3.05, 3.63) is 42.0 Å². The second kappa shape index (κ2) is 8.94. The zero-order valence-electron chi connectivity index (χ0n) is 16.5. The van der Waals surface area contributed by atoms with Crippen molar-refractivity contribution in [2.24, 2.45) is 0 Å². The van der Waals surface area contributed by atoms with Crippen molar-refractivity contribution in [1.29, 1.82) is 0 Å². The number of nitrogens with one attached hydrogen (secondary N) is 1. The van der Waals surface area contributed by atoms with Crippen LogP contribution in [0.3, 0.4) is 0 Å². The molecule has 0 atom stereocenters. The molecule has 0 spiro atoms. The Morgan fingerprint density at radius 2 is 1.83 bits per heavy atom. The van der Waals surface area contributed by atoms with Crippen LogP contribution < -0.4 is 25.3 Å². The van der Waals surface area contributed by atoms with Gasteiger partial charge in [0.2, 0.25) is 6.79 Å². The summed E-state index contributed by atoms with van der Waals surface area (Å²) in [7, 11) is 0. The number of carbonyl (C=O) groups excluding carboxylic acids is 2. The van der Waals surface area contributed by atoms with E-state index in [1.165, 1.54) is 12.5 Å². The van der Waals surface area contributed by atoms with Crippen molar-refractivity contribution >= 4 is 23.3 Å². The summed E-state index contributed by atoms with van der Waals surface area (Å²) < 4.78 is 21.7. The maximum absolute atomic E-state index is 12.4. The van der Waals surface area contributed by atoms with E-state index in [4.69, 9.17) is 24.7 Å². The molecule has 8 heteroatoms. The minimum absolute atomic E-state index is 0.0411. The third-order valence-corrected chi connectivity index (χ3v) is 5.09. The molecule has 8 nitrogen and oxygen atoms in total. The monoisotopic (exact) mass is 412 g/mol. The lowest BCUT2D eigenvalue weighted by atomic mass is 9.98. The molecule has 2 aliphatic rings. The zero-order valence-corrected chi connectivity index (χ0v) is 16.5. The molecule has 30 heavy (non-hydrogen) atoms. The van der Waals surface area contributed by atoms with Crippen LogP contribution in [0.1, 0.15) is 42.5 Å². The minimum Gasteiger partial charge on any atom is -0.482 e. The highest BCUT2D eigenvalue weighted by atomic mass is 16.7. The smallest absolute Gasteiger partial charge is 0.338 e. The van der Waals surface area contributed by atoms with Gasteiger partial charge in [-0.25, -0.2) is 4.79 Å². The molecule has 3 N–H and O–H groups in total. The Morgan fingerprint density at radius 1 is 1.03 bits per heavy atom. The van der Waals surface area contributed by atoms with Gasteiger partial charge in [0, 0.05) is 11.8 Å². The average Bonchev–Trinajstić information content (AvgIpc) is 3.21. The van der Waals surface area contributed by atoms with Crippen LogP contribution in [0.4, 0.5) is 11.4 Å². The fourth-order valence-corrected chi connectivity index (χ4v) is 3.50. The van der Waals surface area contributed by atoms with Gasteiger partial charge in [0.25, 0.3) is 5.91 Å². The van der Waals surface area contributed by atoms with Crippen molar-refractivity contribution in [2.45, 2.75) is 38.2 Å². The van der Waals surface area contributed by atoms with Gasteiger partial charge in [0.15, 0.2) is 18.1 Å². The summed E-state index contributed by atoms with van der Waals surface area (Å²) in [6, 6.07) is 9.78. The molecule has 0 saturated heterocycles. The Morgan fingerprint density at radius 3 is 2.67 bits per heavy atom. The van der Waals surface area contributed by atoms with E-state index < -0.39 is 5.97 Å². The minimum atomic E-state index is -0.406. The van der Waals surface area contributed by atoms with Crippen LogP contribution in [0.15, 0.2) is 36.4 Å². The molecule has 0 bridgehead atoms. The molecule has 1 heterocycles. The summed E-state index contributed by atoms with van der Waals surface area (Å²) in [4.78, 5) is 24.7. The molecule has 158 valence electrons. The van der Waals surface area contributed by atoms with E-state index in [1.54, 1.807) is 30.3 Å². The lowest BCUT2D eigenvalue weighted by Gasteiger charge is -2.22. The van der Waals surface area contributed by atoms with Crippen molar-refractivity contribution in [3.8, 4) is 17.2 Å². The Balaban J connectivity index is 1.34. The van der Waals surface area contributed by atoms with Gasteiger partial charge >= 0.3 is 5.97 Å². The topological polar surface area (TPSA) is 109 Å². The number of hydrogen-bond acceptors (Lipinski definition) is 7. The SMILES string of the molecule is Nc1ccc(C(=O)OC2CCCCC2)cc1OCC(=O)Nc1ccc2c(c1)OCO2. The molecule has 1 amide bonds. The second-order valence-electron chi connectivity index (χ2n) is 7.32. The van der Waals surface area contributed by atoms with E-state index in [9.17, 15) is 9.59 Å². The van der Waals surface area contributed by atoms with E-state index in [-0.39, 0.29) is 31.2 Å². The van der Waals surface area contributed by atoms with E-state index in [1.807, 2.05) is 0 Å². The van der Waals surface area contributed by atoms with Crippen molar-refractivity contribution in [1.82, 2.24) is 0 Å². The molecule has 1 saturated carbocycles. The lowest BCUT2D eigenvalue weighted by molar-refractivity contribution is -0.118. The predicted molar refractivity (Wildman–Crippen MR) is 110 cm³/mol. The van der Waals surface area contributed by atoms with Gasteiger partial charge in [-0.05, 0) is 56.0 Å². The number of amides is 1. The Labute approximate surface area is 174 Å². The Hall–Kier alpha value is -3.42. The van der Waals surface area contributed by atoms with E-state index >= 15 is 0 Å². The zero-order chi connectivity index (χ0) is 20.9. The number of ether oxygens (including phenoxy) is 4. The summed E-state index contributed by atoms with van der Waals surface area (Å²) in [6.07, 6.45) is 5.08. The molecule has 1 aliphatic carbocycles. The van der Waals surface area contributed by atoms with Crippen molar-refractivity contribution < 1.29 is 28.5 Å². The number of anilines is 2. The van der Waals surface area contributed by atoms with Crippen LogP contribution in [0.2, 0.25) is 0 Å². The van der Waals surface area contributed by atoms with Gasteiger partial charge in [-0.3, -0.25) is 4.79 Å². The molecule has 2 aromatic carbocycles. The van der Waals surface area contributed by atoms with E-state index in [2.05, 4.69) is 5.32 Å². The standard InChI is InChI=1S/C22H24N2O6/c23-17-8-6-14(22(26)30-16-4-2-1-3-5-16)10-19(17)27-12-21(25)24-15-7-9-18-20(11-15)29-13-28-18/h6-11,16H,1-5,12-13,23H2,(H,24,25). The molecule has 0 radical (unpaired) electrons. The first-order valence-corrected chi connectivity index (χ1v) is 10.0. The van der Waals surface area contributed by atoms with Crippen LogP contribution in [0.25, 0.3) is 0 Å². The van der Waals surface area contributed by atoms with Gasteiger partial charge in [-0.1, -0.05) is 6.42 Å². The van der Waals surface area contributed by atoms with Gasteiger partial charge in [0.1, 0.15) is 11.9 Å². The summed E-state index contributed by atoms with van der Waals surface area (Å²) in [5.41, 5.74) is 7.18. The van der Waals surface area contributed by atoms with Gasteiger partial charge in [0.05, 0.1) is 11.3 Å². The molecular weight excluding hydrogens is 388 g/mol. The van der Waals surface area contributed by atoms with Crippen molar-refractivity contribution in [2.75, 3.05) is 24.5 Å². The number of esters is 1. The van der Waals surface area contributed by atoms with Gasteiger partial charge < -0.3 is 30.0 Å². The summed E-state index contributed by atoms with van der Waals surface area (Å²) in [5.74, 6) is 0.685. The predicted octanol–water partition coefficient (Wildman–Crippen LogP) is 3.50. The van der Waals surface area contributed by atoms with Gasteiger partial charge in [-0.2, -0.15) is 0 Å². The fraction of sp³-hybridized carbons (Fsp3) is 0.364. The highest BCUT2D eigenvalue weighted by Gasteiger charge is 2.20. The molecule has 1 fully saturated rings. The van der Waals surface area contributed by atoms with Gasteiger partial charge in [-0.15, -0.1) is 0 Å².